The van der Waals surface area contributed by atoms with Crippen LogP contribution in [0.3, 0.4) is 0 Å². The number of likely N-dealkylation sites (N-methyl/N-ethyl adjacent to an activating group) is 1. The maximum atomic E-state index is 11.9. The third kappa shape index (κ3) is 4.43. The third-order valence-corrected chi connectivity index (χ3v) is 4.78. The Balaban J connectivity index is 1.67. The summed E-state index contributed by atoms with van der Waals surface area (Å²) < 4.78 is 0. The average Bonchev–Trinajstić information content (AvgIpc) is 2.83. The van der Waals surface area contributed by atoms with Gasteiger partial charge in [-0.1, -0.05) is 12.8 Å². The number of nitrogens with one attached hydrogen (secondary N) is 1. The predicted octanol–water partition coefficient (Wildman–Crippen LogP) is 0.434. The Hall–Kier alpha value is -0.650. The minimum absolute atomic E-state index is 0.00428. The number of nitrogens with zero attached hydrogens (tertiary/aromatic N) is 2. The van der Waals surface area contributed by atoms with Crippen molar-refractivity contribution in [2.45, 2.75) is 50.7 Å². The van der Waals surface area contributed by atoms with Crippen LogP contribution in [0.5, 0.6) is 0 Å². The van der Waals surface area contributed by atoms with E-state index >= 15 is 0 Å². The van der Waals surface area contributed by atoms with E-state index in [2.05, 4.69) is 29.1 Å². The number of carbonyl (C=O) groups is 1. The molecule has 1 atom stereocenters. The highest BCUT2D eigenvalue weighted by atomic mass is 16.3. The molecule has 2 fully saturated rings. The van der Waals surface area contributed by atoms with Crippen molar-refractivity contribution in [3.05, 3.63) is 0 Å². The van der Waals surface area contributed by atoms with Crippen LogP contribution in [-0.2, 0) is 4.79 Å². The molecule has 1 unspecified atom stereocenters. The summed E-state index contributed by atoms with van der Waals surface area (Å²) in [7, 11) is 2.14. The van der Waals surface area contributed by atoms with E-state index in [-0.39, 0.29) is 12.3 Å². The van der Waals surface area contributed by atoms with Gasteiger partial charge in [-0.15, -0.1) is 0 Å². The highest BCUT2D eigenvalue weighted by Crippen LogP contribution is 2.32. The lowest BCUT2D eigenvalue weighted by Crippen LogP contribution is -2.51. The third-order valence-electron chi connectivity index (χ3n) is 4.78. The summed E-state index contributed by atoms with van der Waals surface area (Å²) in [6, 6.07) is 0.367. The van der Waals surface area contributed by atoms with Gasteiger partial charge in [0.1, 0.15) is 0 Å². The molecule has 5 nitrogen and oxygen atoms in total. The SMILES string of the molecule is CC(CNC(=O)CC1(O)CCCC1)N1CCN(C)CC1. The molecule has 116 valence electrons. The molecule has 0 aromatic carbocycles. The van der Waals surface area contributed by atoms with E-state index in [1.807, 2.05) is 0 Å². The van der Waals surface area contributed by atoms with Gasteiger partial charge in [0.25, 0.3) is 0 Å². The van der Waals surface area contributed by atoms with Crippen LogP contribution >= 0.6 is 0 Å². The maximum Gasteiger partial charge on any atom is 0.222 e. The molecule has 1 aliphatic carbocycles. The molecule has 1 saturated heterocycles. The summed E-state index contributed by atoms with van der Waals surface area (Å²) in [5.74, 6) is -0.00428. The molecule has 0 aromatic heterocycles. The Kier molecular flexibility index (Phi) is 5.41. The highest BCUT2D eigenvalue weighted by Gasteiger charge is 2.33. The van der Waals surface area contributed by atoms with Gasteiger partial charge in [0.15, 0.2) is 0 Å². The number of amides is 1. The maximum absolute atomic E-state index is 11.9. The van der Waals surface area contributed by atoms with E-state index < -0.39 is 5.60 Å². The van der Waals surface area contributed by atoms with Gasteiger partial charge in [-0.05, 0) is 26.8 Å². The van der Waals surface area contributed by atoms with Gasteiger partial charge in [0, 0.05) is 38.8 Å². The summed E-state index contributed by atoms with van der Waals surface area (Å²) >= 11 is 0. The summed E-state index contributed by atoms with van der Waals surface area (Å²) in [5.41, 5.74) is -0.735. The van der Waals surface area contributed by atoms with Crippen molar-refractivity contribution in [2.24, 2.45) is 0 Å². The lowest BCUT2D eigenvalue weighted by Gasteiger charge is -2.36. The summed E-state index contributed by atoms with van der Waals surface area (Å²) in [5, 5.41) is 13.2. The number of rotatable bonds is 5. The van der Waals surface area contributed by atoms with Crippen LogP contribution in [0.15, 0.2) is 0 Å². The van der Waals surface area contributed by atoms with E-state index in [1.165, 1.54) is 0 Å². The van der Waals surface area contributed by atoms with E-state index in [0.717, 1.165) is 51.9 Å². The van der Waals surface area contributed by atoms with E-state index in [4.69, 9.17) is 0 Å². The molecule has 0 spiro atoms. The monoisotopic (exact) mass is 283 g/mol. The summed E-state index contributed by atoms with van der Waals surface area (Å²) in [6.07, 6.45) is 3.90. The fourth-order valence-corrected chi connectivity index (χ4v) is 3.22. The molecule has 2 aliphatic rings. The largest absolute Gasteiger partial charge is 0.389 e. The molecular formula is C15H29N3O2. The van der Waals surface area contributed by atoms with Crippen molar-refractivity contribution in [1.82, 2.24) is 15.1 Å². The normalized spacial score (nSPS) is 25.6. The lowest BCUT2D eigenvalue weighted by molar-refractivity contribution is -0.126. The van der Waals surface area contributed by atoms with Crippen LogP contribution in [-0.4, -0.2) is 72.2 Å². The molecule has 2 N–H and O–H groups in total. The molecule has 1 amide bonds. The first-order valence-electron chi connectivity index (χ1n) is 7.90. The first-order chi connectivity index (χ1) is 9.48. The fourth-order valence-electron chi connectivity index (χ4n) is 3.22. The van der Waals surface area contributed by atoms with Gasteiger partial charge in [0.2, 0.25) is 5.91 Å². The predicted molar refractivity (Wildman–Crippen MR) is 79.6 cm³/mol. The zero-order valence-corrected chi connectivity index (χ0v) is 12.9. The van der Waals surface area contributed by atoms with Gasteiger partial charge in [-0.25, -0.2) is 0 Å². The van der Waals surface area contributed by atoms with Crippen molar-refractivity contribution >= 4 is 5.91 Å². The number of piperazine rings is 1. The molecule has 2 rings (SSSR count). The quantitative estimate of drug-likeness (QED) is 0.768. The fraction of sp³-hybridized carbons (Fsp3) is 0.933. The number of carbonyl (C=O) groups excluding carboxylic acids is 1. The second-order valence-electron chi connectivity index (χ2n) is 6.60. The zero-order chi connectivity index (χ0) is 14.6. The molecule has 20 heavy (non-hydrogen) atoms. The molecular weight excluding hydrogens is 254 g/mol. The van der Waals surface area contributed by atoms with Gasteiger partial charge in [0.05, 0.1) is 12.0 Å². The van der Waals surface area contributed by atoms with Crippen molar-refractivity contribution in [3.63, 3.8) is 0 Å². The van der Waals surface area contributed by atoms with E-state index in [9.17, 15) is 9.90 Å². The number of hydrogen-bond donors (Lipinski definition) is 2. The topological polar surface area (TPSA) is 55.8 Å². The van der Waals surface area contributed by atoms with E-state index in [1.54, 1.807) is 0 Å². The first-order valence-corrected chi connectivity index (χ1v) is 7.90. The lowest BCUT2D eigenvalue weighted by atomic mass is 9.97. The number of aliphatic hydroxyl groups is 1. The minimum atomic E-state index is -0.735. The summed E-state index contributed by atoms with van der Waals surface area (Å²) in [4.78, 5) is 16.7. The van der Waals surface area contributed by atoms with Crippen LogP contribution in [0.4, 0.5) is 0 Å². The van der Waals surface area contributed by atoms with Gasteiger partial charge >= 0.3 is 0 Å². The Morgan fingerprint density at radius 3 is 2.45 bits per heavy atom. The minimum Gasteiger partial charge on any atom is -0.389 e. The van der Waals surface area contributed by atoms with Gasteiger partial charge in [-0.3, -0.25) is 9.69 Å². The zero-order valence-electron chi connectivity index (χ0n) is 12.9. The van der Waals surface area contributed by atoms with Gasteiger partial charge < -0.3 is 15.3 Å². The Labute approximate surface area is 122 Å². The van der Waals surface area contributed by atoms with Crippen molar-refractivity contribution in [3.8, 4) is 0 Å². The Morgan fingerprint density at radius 2 is 1.85 bits per heavy atom. The molecule has 1 heterocycles. The van der Waals surface area contributed by atoms with Crippen LogP contribution in [0.2, 0.25) is 0 Å². The van der Waals surface area contributed by atoms with Crippen LogP contribution in [0, 0.1) is 0 Å². The molecule has 0 radical (unpaired) electrons. The summed E-state index contributed by atoms with van der Waals surface area (Å²) in [6.45, 7) is 7.17. The van der Waals surface area contributed by atoms with Crippen LogP contribution < -0.4 is 5.32 Å². The standard InChI is InChI=1S/C15H29N3O2/c1-13(18-9-7-17(2)8-10-18)12-16-14(19)11-15(20)5-3-4-6-15/h13,20H,3-12H2,1-2H3,(H,16,19). The smallest absolute Gasteiger partial charge is 0.222 e. The molecule has 0 aromatic rings. The molecule has 5 heteroatoms. The Morgan fingerprint density at radius 1 is 1.25 bits per heavy atom. The highest BCUT2D eigenvalue weighted by molar-refractivity contribution is 5.77. The molecule has 1 saturated carbocycles. The van der Waals surface area contributed by atoms with E-state index in [0.29, 0.717) is 12.6 Å². The molecule has 0 bridgehead atoms. The first kappa shape index (κ1) is 15.7. The van der Waals surface area contributed by atoms with Crippen LogP contribution in [0.25, 0.3) is 0 Å². The Bertz CT molecular complexity index is 321. The average molecular weight is 283 g/mol. The second kappa shape index (κ2) is 6.87. The number of hydrogen-bond acceptors (Lipinski definition) is 4. The second-order valence-corrected chi connectivity index (χ2v) is 6.60. The van der Waals surface area contributed by atoms with Crippen molar-refractivity contribution < 1.29 is 9.90 Å². The van der Waals surface area contributed by atoms with Crippen molar-refractivity contribution in [1.29, 1.82) is 0 Å². The van der Waals surface area contributed by atoms with Gasteiger partial charge in [-0.2, -0.15) is 0 Å². The van der Waals surface area contributed by atoms with Crippen LogP contribution in [0.1, 0.15) is 39.0 Å². The van der Waals surface area contributed by atoms with Crippen molar-refractivity contribution in [2.75, 3.05) is 39.8 Å². The molecule has 1 aliphatic heterocycles.